The summed E-state index contributed by atoms with van der Waals surface area (Å²) in [5.74, 6) is -0.393. The lowest BCUT2D eigenvalue weighted by atomic mass is 10.0. The van der Waals surface area contributed by atoms with Gasteiger partial charge in [0, 0.05) is 23.5 Å². The van der Waals surface area contributed by atoms with Crippen molar-refractivity contribution in [1.29, 1.82) is 0 Å². The minimum atomic E-state index is -0.289. The van der Waals surface area contributed by atoms with Crippen molar-refractivity contribution < 1.29 is 9.18 Å². The number of nitrogens with zero attached hydrogens (tertiary/aromatic N) is 1. The van der Waals surface area contributed by atoms with Gasteiger partial charge in [-0.05, 0) is 30.7 Å². The molecular weight excluding hydrogens is 279 g/mol. The van der Waals surface area contributed by atoms with Gasteiger partial charge in [0.05, 0.1) is 5.52 Å². The van der Waals surface area contributed by atoms with Crippen LogP contribution in [0.2, 0.25) is 0 Å². The van der Waals surface area contributed by atoms with Crippen LogP contribution >= 0.6 is 0 Å². The van der Waals surface area contributed by atoms with Gasteiger partial charge in [-0.25, -0.2) is 4.39 Å². The Kier molecular flexibility index (Phi) is 2.79. The average Bonchev–Trinajstić information content (AvgIpc) is 2.91. The number of carbonyl (C=O) groups excluding carboxylic acids is 1. The molecule has 3 nitrogen and oxygen atoms in total. The maximum Gasteiger partial charge on any atom is 0.268 e. The number of rotatable bonds is 1. The molecule has 0 saturated heterocycles. The van der Waals surface area contributed by atoms with Crippen molar-refractivity contribution in [3.05, 3.63) is 60.0 Å². The van der Waals surface area contributed by atoms with Crippen LogP contribution in [0.15, 0.2) is 48.5 Å². The molecule has 2 heterocycles. The summed E-state index contributed by atoms with van der Waals surface area (Å²) in [6.07, 6.45) is 0. The molecule has 2 aromatic carbocycles. The molecule has 110 valence electrons. The van der Waals surface area contributed by atoms with Crippen LogP contribution in [0.25, 0.3) is 22.0 Å². The van der Waals surface area contributed by atoms with E-state index in [1.807, 2.05) is 34.9 Å². The zero-order valence-corrected chi connectivity index (χ0v) is 12.1. The topological polar surface area (TPSA) is 34.0 Å². The molecule has 4 heteroatoms. The van der Waals surface area contributed by atoms with E-state index in [-0.39, 0.29) is 17.8 Å². The molecule has 1 aromatic heterocycles. The molecule has 1 N–H and O–H groups in total. The van der Waals surface area contributed by atoms with E-state index in [9.17, 15) is 9.18 Å². The molecule has 0 radical (unpaired) electrons. The molecule has 1 atom stereocenters. The summed E-state index contributed by atoms with van der Waals surface area (Å²) >= 11 is 0. The zero-order valence-electron chi connectivity index (χ0n) is 12.1. The summed E-state index contributed by atoms with van der Waals surface area (Å²) in [5, 5.41) is 3.63. The first-order valence-corrected chi connectivity index (χ1v) is 7.33. The van der Waals surface area contributed by atoms with Crippen LogP contribution in [0.1, 0.15) is 23.5 Å². The number of fused-ring (bicyclic) bond motifs is 3. The molecular formula is C18H15FN2O. The zero-order chi connectivity index (χ0) is 15.3. The molecule has 0 fully saturated rings. The standard InChI is InChI=1S/C18H15FN2O/c1-11-10-20-18(22)16-8-13-7-14(19)9-15(17(13)21(11)16)12-5-3-2-4-6-12/h2-9,11H,10H2,1H3,(H,20,22). The number of nitrogens with one attached hydrogen (secondary N) is 1. The Morgan fingerprint density at radius 3 is 2.73 bits per heavy atom. The minimum absolute atomic E-state index is 0.103. The first-order chi connectivity index (χ1) is 10.6. The Morgan fingerprint density at radius 2 is 1.95 bits per heavy atom. The van der Waals surface area contributed by atoms with Crippen LogP contribution < -0.4 is 5.32 Å². The number of halogens is 1. The SMILES string of the molecule is CC1CNC(=O)c2cc3cc(F)cc(-c4ccccc4)c3n21. The van der Waals surface area contributed by atoms with Crippen molar-refractivity contribution in [1.82, 2.24) is 9.88 Å². The second-order valence-corrected chi connectivity index (χ2v) is 5.72. The molecule has 22 heavy (non-hydrogen) atoms. The number of aromatic nitrogens is 1. The predicted molar refractivity (Wildman–Crippen MR) is 84.4 cm³/mol. The van der Waals surface area contributed by atoms with E-state index in [1.54, 1.807) is 12.1 Å². The van der Waals surface area contributed by atoms with Gasteiger partial charge >= 0.3 is 0 Å². The van der Waals surface area contributed by atoms with Crippen molar-refractivity contribution in [3.63, 3.8) is 0 Å². The lowest BCUT2D eigenvalue weighted by Gasteiger charge is -2.25. The molecule has 0 aliphatic carbocycles. The highest BCUT2D eigenvalue weighted by Crippen LogP contribution is 2.35. The lowest BCUT2D eigenvalue weighted by molar-refractivity contribution is 0.0919. The Balaban J connectivity index is 2.11. The molecule has 1 amide bonds. The number of carbonyl (C=O) groups is 1. The third-order valence-electron chi connectivity index (χ3n) is 4.21. The first-order valence-electron chi connectivity index (χ1n) is 7.33. The normalized spacial score (nSPS) is 17.4. The predicted octanol–water partition coefficient (Wildman–Crippen LogP) is 3.75. The van der Waals surface area contributed by atoms with E-state index < -0.39 is 0 Å². The van der Waals surface area contributed by atoms with Crippen LogP contribution in [0, 0.1) is 5.82 Å². The van der Waals surface area contributed by atoms with Gasteiger partial charge in [-0.1, -0.05) is 30.3 Å². The highest BCUT2D eigenvalue weighted by atomic mass is 19.1. The largest absolute Gasteiger partial charge is 0.349 e. The molecule has 0 saturated carbocycles. The maximum absolute atomic E-state index is 14.0. The first kappa shape index (κ1) is 13.1. The Morgan fingerprint density at radius 1 is 1.18 bits per heavy atom. The fourth-order valence-electron chi connectivity index (χ4n) is 3.23. The Hall–Kier alpha value is -2.62. The van der Waals surface area contributed by atoms with Gasteiger partial charge in [-0.15, -0.1) is 0 Å². The quantitative estimate of drug-likeness (QED) is 0.728. The summed E-state index contributed by atoms with van der Waals surface area (Å²) in [6, 6.07) is 14.7. The number of hydrogen-bond acceptors (Lipinski definition) is 1. The van der Waals surface area contributed by atoms with Gasteiger partial charge in [0.25, 0.3) is 5.91 Å². The van der Waals surface area contributed by atoms with Gasteiger partial charge in [-0.2, -0.15) is 0 Å². The van der Waals surface area contributed by atoms with E-state index in [0.29, 0.717) is 12.2 Å². The van der Waals surface area contributed by atoms with Gasteiger partial charge < -0.3 is 9.88 Å². The van der Waals surface area contributed by atoms with Crippen LogP contribution in [0.3, 0.4) is 0 Å². The summed E-state index contributed by atoms with van der Waals surface area (Å²) < 4.78 is 16.1. The number of amides is 1. The van der Waals surface area contributed by atoms with E-state index in [0.717, 1.165) is 22.0 Å². The number of hydrogen-bond donors (Lipinski definition) is 1. The van der Waals surface area contributed by atoms with Crippen LogP contribution in [-0.2, 0) is 0 Å². The van der Waals surface area contributed by atoms with Gasteiger partial charge in [0.15, 0.2) is 0 Å². The summed E-state index contributed by atoms with van der Waals surface area (Å²) in [4.78, 5) is 12.1. The minimum Gasteiger partial charge on any atom is -0.349 e. The third kappa shape index (κ3) is 1.84. The second-order valence-electron chi connectivity index (χ2n) is 5.72. The van der Waals surface area contributed by atoms with Gasteiger partial charge in [0.2, 0.25) is 0 Å². The molecule has 4 rings (SSSR count). The highest BCUT2D eigenvalue weighted by molar-refractivity contribution is 6.03. The van der Waals surface area contributed by atoms with Crippen LogP contribution in [0.4, 0.5) is 4.39 Å². The monoisotopic (exact) mass is 294 g/mol. The number of benzene rings is 2. The van der Waals surface area contributed by atoms with Gasteiger partial charge in [0.1, 0.15) is 11.5 Å². The molecule has 0 bridgehead atoms. The third-order valence-corrected chi connectivity index (χ3v) is 4.21. The summed E-state index contributed by atoms with van der Waals surface area (Å²) in [6.45, 7) is 2.64. The van der Waals surface area contributed by atoms with Crippen LogP contribution in [0.5, 0.6) is 0 Å². The summed E-state index contributed by atoms with van der Waals surface area (Å²) in [5.41, 5.74) is 3.29. The van der Waals surface area contributed by atoms with Crippen LogP contribution in [-0.4, -0.2) is 17.0 Å². The lowest BCUT2D eigenvalue weighted by Crippen LogP contribution is -2.37. The second kappa shape index (κ2) is 4.70. The summed E-state index contributed by atoms with van der Waals surface area (Å²) in [7, 11) is 0. The van der Waals surface area contributed by atoms with E-state index >= 15 is 0 Å². The fourth-order valence-corrected chi connectivity index (χ4v) is 3.23. The molecule has 1 unspecified atom stereocenters. The highest BCUT2D eigenvalue weighted by Gasteiger charge is 2.26. The fraction of sp³-hybridized carbons (Fsp3) is 0.167. The molecule has 1 aliphatic heterocycles. The van der Waals surface area contributed by atoms with Crippen molar-refractivity contribution in [2.24, 2.45) is 0 Å². The molecule has 1 aliphatic rings. The Labute approximate surface area is 127 Å². The van der Waals surface area contributed by atoms with Gasteiger partial charge in [-0.3, -0.25) is 4.79 Å². The van der Waals surface area contributed by atoms with Crippen molar-refractivity contribution in [2.75, 3.05) is 6.54 Å². The van der Waals surface area contributed by atoms with Crippen molar-refractivity contribution in [2.45, 2.75) is 13.0 Å². The average molecular weight is 294 g/mol. The smallest absolute Gasteiger partial charge is 0.268 e. The molecule has 3 aromatic rings. The maximum atomic E-state index is 14.0. The van der Waals surface area contributed by atoms with E-state index in [2.05, 4.69) is 12.2 Å². The van der Waals surface area contributed by atoms with Crippen molar-refractivity contribution in [3.8, 4) is 11.1 Å². The van der Waals surface area contributed by atoms with E-state index in [1.165, 1.54) is 6.07 Å². The van der Waals surface area contributed by atoms with E-state index in [4.69, 9.17) is 0 Å². The van der Waals surface area contributed by atoms with Crippen molar-refractivity contribution >= 4 is 16.8 Å². The molecule has 0 spiro atoms. The Bertz CT molecular complexity index is 883.